The molecule has 70 valence electrons. The van der Waals surface area contributed by atoms with Crippen molar-refractivity contribution in [2.75, 3.05) is 19.7 Å². The van der Waals surface area contributed by atoms with Gasteiger partial charge >= 0.3 is 0 Å². The monoisotopic (exact) mass is 172 g/mol. The molecule has 4 nitrogen and oxygen atoms in total. The van der Waals surface area contributed by atoms with Gasteiger partial charge in [0.1, 0.15) is 0 Å². The first-order valence-electron chi connectivity index (χ1n) is 4.41. The predicted octanol–water partition coefficient (Wildman–Crippen LogP) is -0.681. The third-order valence-electron chi connectivity index (χ3n) is 2.19. The van der Waals surface area contributed by atoms with E-state index < -0.39 is 0 Å². The van der Waals surface area contributed by atoms with Crippen molar-refractivity contribution >= 4 is 5.91 Å². The van der Waals surface area contributed by atoms with E-state index in [-0.39, 0.29) is 18.6 Å². The molecule has 1 atom stereocenters. The summed E-state index contributed by atoms with van der Waals surface area (Å²) in [5, 5.41) is 8.68. The number of nitrogens with zero attached hydrogens (tertiary/aromatic N) is 1. The van der Waals surface area contributed by atoms with E-state index in [1.54, 1.807) is 4.90 Å². The van der Waals surface area contributed by atoms with Gasteiger partial charge in [-0.15, -0.1) is 0 Å². The third-order valence-corrected chi connectivity index (χ3v) is 2.19. The lowest BCUT2D eigenvalue weighted by molar-refractivity contribution is -0.132. The van der Waals surface area contributed by atoms with Crippen molar-refractivity contribution in [2.24, 2.45) is 5.73 Å². The second kappa shape index (κ2) is 4.42. The normalized spacial score (nSPS) is 25.7. The van der Waals surface area contributed by atoms with Crippen LogP contribution in [0, 0.1) is 0 Å². The fourth-order valence-electron chi connectivity index (χ4n) is 1.48. The van der Waals surface area contributed by atoms with Crippen molar-refractivity contribution in [1.29, 1.82) is 0 Å². The number of hydrogen-bond donors (Lipinski definition) is 2. The Hall–Kier alpha value is -0.610. The van der Waals surface area contributed by atoms with E-state index >= 15 is 0 Å². The minimum atomic E-state index is -0.348. The maximum absolute atomic E-state index is 11.4. The van der Waals surface area contributed by atoms with Crippen LogP contribution in [0.4, 0.5) is 0 Å². The molecule has 0 aliphatic carbocycles. The summed E-state index contributed by atoms with van der Waals surface area (Å²) >= 11 is 0. The maximum atomic E-state index is 11.4. The van der Waals surface area contributed by atoms with Crippen LogP contribution in [-0.4, -0.2) is 41.7 Å². The molecule has 12 heavy (non-hydrogen) atoms. The number of aliphatic hydroxyl groups excluding tert-OH is 1. The summed E-state index contributed by atoms with van der Waals surface area (Å²) in [6.45, 7) is 1.19. The van der Waals surface area contributed by atoms with E-state index in [1.165, 1.54) is 0 Å². The van der Waals surface area contributed by atoms with E-state index in [0.717, 1.165) is 25.8 Å². The van der Waals surface area contributed by atoms with Crippen LogP contribution in [0.15, 0.2) is 0 Å². The van der Waals surface area contributed by atoms with Crippen LogP contribution >= 0.6 is 0 Å². The molecule has 1 aliphatic rings. The number of β-amino-alcohol motifs (C(OH)–C–C–N with tert-alkyl or cyclic N) is 1. The third kappa shape index (κ3) is 2.19. The molecule has 0 unspecified atom stereocenters. The second-order valence-electron chi connectivity index (χ2n) is 3.15. The topological polar surface area (TPSA) is 66.6 Å². The molecular weight excluding hydrogens is 156 g/mol. The minimum absolute atomic E-state index is 0.0125. The molecule has 4 heteroatoms. The Balaban J connectivity index is 2.52. The summed E-state index contributed by atoms with van der Waals surface area (Å²) < 4.78 is 0. The first-order chi connectivity index (χ1) is 5.75. The zero-order valence-electron chi connectivity index (χ0n) is 7.20. The molecule has 1 rings (SSSR count). The lowest BCUT2D eigenvalue weighted by Crippen LogP contribution is -2.43. The van der Waals surface area contributed by atoms with E-state index in [1.807, 2.05) is 0 Å². The molecular formula is C8H16N2O2. The van der Waals surface area contributed by atoms with E-state index in [0.29, 0.717) is 6.54 Å². The van der Waals surface area contributed by atoms with Gasteiger partial charge in [-0.25, -0.2) is 0 Å². The van der Waals surface area contributed by atoms with Gasteiger partial charge in [0.15, 0.2) is 0 Å². The summed E-state index contributed by atoms with van der Waals surface area (Å²) in [6, 6.07) is -0.348. The zero-order valence-corrected chi connectivity index (χ0v) is 7.20. The lowest BCUT2D eigenvalue weighted by Gasteiger charge is -2.21. The Morgan fingerprint density at radius 2 is 2.33 bits per heavy atom. The molecule has 1 saturated heterocycles. The molecule has 0 spiro atoms. The molecule has 0 bridgehead atoms. The van der Waals surface area contributed by atoms with Crippen molar-refractivity contribution in [3.63, 3.8) is 0 Å². The van der Waals surface area contributed by atoms with Crippen molar-refractivity contribution < 1.29 is 9.90 Å². The molecule has 0 aromatic heterocycles. The van der Waals surface area contributed by atoms with Crippen LogP contribution < -0.4 is 5.73 Å². The van der Waals surface area contributed by atoms with Crippen LogP contribution in [0.5, 0.6) is 0 Å². The van der Waals surface area contributed by atoms with E-state index in [2.05, 4.69) is 0 Å². The van der Waals surface area contributed by atoms with Crippen LogP contribution in [0.1, 0.15) is 19.3 Å². The Labute approximate surface area is 72.3 Å². The molecule has 0 aromatic rings. The molecule has 1 fully saturated rings. The quantitative estimate of drug-likeness (QED) is 0.580. The first kappa shape index (κ1) is 9.48. The Kier molecular flexibility index (Phi) is 3.49. The molecule has 1 heterocycles. The van der Waals surface area contributed by atoms with Gasteiger partial charge in [-0.2, -0.15) is 0 Å². The number of amides is 1. The van der Waals surface area contributed by atoms with Crippen LogP contribution in [-0.2, 0) is 4.79 Å². The van der Waals surface area contributed by atoms with Crippen LogP contribution in [0.2, 0.25) is 0 Å². The lowest BCUT2D eigenvalue weighted by atomic mass is 10.1. The number of hydrogen-bond acceptors (Lipinski definition) is 3. The second-order valence-corrected chi connectivity index (χ2v) is 3.15. The average Bonchev–Trinajstić information content (AvgIpc) is 2.20. The number of carbonyl (C=O) groups is 1. The van der Waals surface area contributed by atoms with Crippen LogP contribution in [0.3, 0.4) is 0 Å². The average molecular weight is 172 g/mol. The van der Waals surface area contributed by atoms with Gasteiger partial charge in [-0.3, -0.25) is 4.79 Å². The van der Waals surface area contributed by atoms with Crippen molar-refractivity contribution in [1.82, 2.24) is 4.90 Å². The summed E-state index contributed by atoms with van der Waals surface area (Å²) in [4.78, 5) is 13.1. The highest BCUT2D eigenvalue weighted by Gasteiger charge is 2.22. The standard InChI is InChI=1S/C8H16N2O2/c9-7-3-1-2-4-10(5-6-11)8(7)12/h7,11H,1-6,9H2/t7-/m0/s1. The van der Waals surface area contributed by atoms with Gasteiger partial charge in [0.2, 0.25) is 5.91 Å². The number of rotatable bonds is 2. The fourth-order valence-corrected chi connectivity index (χ4v) is 1.48. The van der Waals surface area contributed by atoms with Gasteiger partial charge < -0.3 is 15.7 Å². The highest BCUT2D eigenvalue weighted by atomic mass is 16.3. The highest BCUT2D eigenvalue weighted by Crippen LogP contribution is 2.09. The van der Waals surface area contributed by atoms with Crippen LogP contribution in [0.25, 0.3) is 0 Å². The summed E-state index contributed by atoms with van der Waals surface area (Å²) in [5.74, 6) is -0.0125. The molecule has 0 aromatic carbocycles. The fraction of sp³-hybridized carbons (Fsp3) is 0.875. The predicted molar refractivity (Wildman–Crippen MR) is 45.5 cm³/mol. The molecule has 0 saturated carbocycles. The largest absolute Gasteiger partial charge is 0.395 e. The van der Waals surface area contributed by atoms with Gasteiger partial charge in [-0.05, 0) is 19.3 Å². The van der Waals surface area contributed by atoms with Gasteiger partial charge in [0.05, 0.1) is 12.6 Å². The van der Waals surface area contributed by atoms with Crippen molar-refractivity contribution in [2.45, 2.75) is 25.3 Å². The number of carbonyl (C=O) groups excluding carboxylic acids is 1. The van der Waals surface area contributed by atoms with Gasteiger partial charge in [0.25, 0.3) is 0 Å². The zero-order chi connectivity index (χ0) is 8.97. The summed E-state index contributed by atoms with van der Waals surface area (Å²) in [5.41, 5.74) is 5.63. The first-order valence-corrected chi connectivity index (χ1v) is 4.41. The van der Waals surface area contributed by atoms with E-state index in [9.17, 15) is 4.79 Å². The molecule has 1 aliphatic heterocycles. The Morgan fingerprint density at radius 1 is 1.58 bits per heavy atom. The minimum Gasteiger partial charge on any atom is -0.395 e. The van der Waals surface area contributed by atoms with E-state index in [4.69, 9.17) is 10.8 Å². The number of nitrogens with two attached hydrogens (primary N) is 1. The summed E-state index contributed by atoms with van der Waals surface area (Å²) in [6.07, 6.45) is 2.79. The Bertz CT molecular complexity index is 161. The number of likely N-dealkylation sites (tertiary alicyclic amines) is 1. The highest BCUT2D eigenvalue weighted by molar-refractivity contribution is 5.81. The molecule has 0 radical (unpaired) electrons. The van der Waals surface area contributed by atoms with Gasteiger partial charge in [0, 0.05) is 13.1 Å². The SMILES string of the molecule is N[C@H]1CCCCN(CCO)C1=O. The number of aliphatic hydroxyl groups is 1. The Morgan fingerprint density at radius 3 is 3.00 bits per heavy atom. The molecule has 3 N–H and O–H groups in total. The van der Waals surface area contributed by atoms with Crippen molar-refractivity contribution in [3.05, 3.63) is 0 Å². The molecule has 1 amide bonds. The van der Waals surface area contributed by atoms with Crippen molar-refractivity contribution in [3.8, 4) is 0 Å². The summed E-state index contributed by atoms with van der Waals surface area (Å²) in [7, 11) is 0. The smallest absolute Gasteiger partial charge is 0.239 e. The maximum Gasteiger partial charge on any atom is 0.239 e. The van der Waals surface area contributed by atoms with Gasteiger partial charge in [-0.1, -0.05) is 0 Å².